The molecule has 1 aromatic carbocycles. The van der Waals surface area contributed by atoms with E-state index in [4.69, 9.17) is 4.74 Å². The van der Waals surface area contributed by atoms with E-state index in [1.54, 1.807) is 0 Å². The summed E-state index contributed by atoms with van der Waals surface area (Å²) < 4.78 is 5.48. The monoisotopic (exact) mass is 264 g/mol. The minimum atomic E-state index is -0.311. The molecule has 5 nitrogen and oxygen atoms in total. The van der Waals surface area contributed by atoms with Crippen LogP contribution in [0.2, 0.25) is 0 Å². The number of hydrogen-bond donors (Lipinski definition) is 2. The molecular weight excluding hydrogens is 244 g/mol. The number of carbonyl (C=O) groups excluding carboxylic acids is 2. The number of para-hydroxylation sites is 1. The van der Waals surface area contributed by atoms with Crippen molar-refractivity contribution in [3.8, 4) is 5.75 Å². The molecule has 0 aliphatic heterocycles. The van der Waals surface area contributed by atoms with Gasteiger partial charge in [-0.1, -0.05) is 18.2 Å². The molecule has 2 N–H and O–H groups in total. The minimum Gasteiger partial charge on any atom is -0.483 e. The lowest BCUT2D eigenvalue weighted by Crippen LogP contribution is -2.38. The highest BCUT2D eigenvalue weighted by atomic mass is 16.5. The van der Waals surface area contributed by atoms with Gasteiger partial charge in [-0.2, -0.15) is 0 Å². The van der Waals surface area contributed by atoms with E-state index in [9.17, 15) is 9.59 Å². The zero-order chi connectivity index (χ0) is 14.3. The fourth-order valence-electron chi connectivity index (χ4n) is 1.65. The van der Waals surface area contributed by atoms with E-state index in [0.29, 0.717) is 6.54 Å². The zero-order valence-electron chi connectivity index (χ0n) is 11.6. The Hall–Kier alpha value is -2.04. The standard InChI is InChI=1S/C14H20N2O3/c1-4-15-12(17)8-16-13(18)9-19-14-10(2)6-5-7-11(14)3/h5-7H,4,8-9H2,1-3H3,(H,15,17)(H,16,18). The number of rotatable bonds is 6. The molecule has 104 valence electrons. The Labute approximate surface area is 113 Å². The Kier molecular flexibility index (Phi) is 5.85. The van der Waals surface area contributed by atoms with E-state index in [0.717, 1.165) is 16.9 Å². The van der Waals surface area contributed by atoms with Crippen molar-refractivity contribution in [2.24, 2.45) is 0 Å². The molecule has 2 amide bonds. The lowest BCUT2D eigenvalue weighted by Gasteiger charge is -2.11. The van der Waals surface area contributed by atoms with E-state index in [1.807, 2.05) is 39.0 Å². The second-order valence-electron chi connectivity index (χ2n) is 4.24. The van der Waals surface area contributed by atoms with Gasteiger partial charge in [-0.05, 0) is 31.9 Å². The molecular formula is C14H20N2O3. The van der Waals surface area contributed by atoms with Crippen molar-refractivity contribution in [1.29, 1.82) is 0 Å². The number of aryl methyl sites for hydroxylation is 2. The minimum absolute atomic E-state index is 0.0250. The normalized spacial score (nSPS) is 9.84. The van der Waals surface area contributed by atoms with Crippen LogP contribution in [-0.2, 0) is 9.59 Å². The average Bonchev–Trinajstić information content (AvgIpc) is 2.36. The number of amides is 2. The average molecular weight is 264 g/mol. The van der Waals surface area contributed by atoms with E-state index in [-0.39, 0.29) is 25.0 Å². The molecule has 0 saturated heterocycles. The van der Waals surface area contributed by atoms with Crippen LogP contribution in [-0.4, -0.2) is 31.5 Å². The van der Waals surface area contributed by atoms with Crippen molar-refractivity contribution in [2.45, 2.75) is 20.8 Å². The summed E-state index contributed by atoms with van der Waals surface area (Å²) in [7, 11) is 0. The van der Waals surface area contributed by atoms with Gasteiger partial charge in [-0.3, -0.25) is 9.59 Å². The molecule has 0 aromatic heterocycles. The van der Waals surface area contributed by atoms with Crippen LogP contribution < -0.4 is 15.4 Å². The van der Waals surface area contributed by atoms with Gasteiger partial charge in [0.05, 0.1) is 6.54 Å². The van der Waals surface area contributed by atoms with Gasteiger partial charge in [0.15, 0.2) is 6.61 Å². The summed E-state index contributed by atoms with van der Waals surface area (Å²) in [6.45, 7) is 6.11. The first-order valence-corrected chi connectivity index (χ1v) is 6.27. The van der Waals surface area contributed by atoms with Crippen molar-refractivity contribution in [3.05, 3.63) is 29.3 Å². The highest BCUT2D eigenvalue weighted by molar-refractivity contribution is 5.85. The van der Waals surface area contributed by atoms with Gasteiger partial charge in [0.25, 0.3) is 5.91 Å². The Morgan fingerprint density at radius 3 is 2.32 bits per heavy atom. The molecule has 0 spiro atoms. The first-order chi connectivity index (χ1) is 9.04. The molecule has 0 aliphatic rings. The summed E-state index contributed by atoms with van der Waals surface area (Å²) in [6.07, 6.45) is 0. The third-order valence-corrected chi connectivity index (χ3v) is 2.58. The van der Waals surface area contributed by atoms with Crippen LogP contribution in [0.25, 0.3) is 0 Å². The Balaban J connectivity index is 2.40. The molecule has 0 radical (unpaired) electrons. The first kappa shape index (κ1) is 15.0. The quantitative estimate of drug-likeness (QED) is 0.803. The van der Waals surface area contributed by atoms with Crippen LogP contribution in [0.15, 0.2) is 18.2 Å². The summed E-state index contributed by atoms with van der Waals surface area (Å²) in [4.78, 5) is 22.7. The highest BCUT2D eigenvalue weighted by Crippen LogP contribution is 2.21. The zero-order valence-corrected chi connectivity index (χ0v) is 11.6. The van der Waals surface area contributed by atoms with Crippen molar-refractivity contribution in [3.63, 3.8) is 0 Å². The van der Waals surface area contributed by atoms with Crippen LogP contribution in [0.4, 0.5) is 0 Å². The Morgan fingerprint density at radius 1 is 1.11 bits per heavy atom. The number of nitrogens with one attached hydrogen (secondary N) is 2. The van der Waals surface area contributed by atoms with Crippen LogP contribution in [0.1, 0.15) is 18.1 Å². The Bertz CT molecular complexity index is 438. The van der Waals surface area contributed by atoms with Gasteiger partial charge in [-0.25, -0.2) is 0 Å². The fourth-order valence-corrected chi connectivity index (χ4v) is 1.65. The lowest BCUT2D eigenvalue weighted by molar-refractivity contribution is -0.127. The van der Waals surface area contributed by atoms with Gasteiger partial charge in [0.2, 0.25) is 5.91 Å². The molecule has 0 unspecified atom stereocenters. The maximum absolute atomic E-state index is 11.5. The second-order valence-corrected chi connectivity index (χ2v) is 4.24. The third kappa shape index (κ3) is 4.99. The predicted molar refractivity (Wildman–Crippen MR) is 73.1 cm³/mol. The number of benzene rings is 1. The van der Waals surface area contributed by atoms with Crippen LogP contribution >= 0.6 is 0 Å². The molecule has 1 rings (SSSR count). The number of hydrogen-bond acceptors (Lipinski definition) is 3. The topological polar surface area (TPSA) is 67.4 Å². The lowest BCUT2D eigenvalue weighted by atomic mass is 10.1. The van der Waals surface area contributed by atoms with Crippen molar-refractivity contribution in [2.75, 3.05) is 19.7 Å². The molecule has 0 fully saturated rings. The molecule has 0 atom stereocenters. The highest BCUT2D eigenvalue weighted by Gasteiger charge is 2.08. The molecule has 5 heteroatoms. The van der Waals surface area contributed by atoms with Gasteiger partial charge in [0.1, 0.15) is 5.75 Å². The fraction of sp³-hybridized carbons (Fsp3) is 0.429. The van der Waals surface area contributed by atoms with Crippen molar-refractivity contribution in [1.82, 2.24) is 10.6 Å². The summed E-state index contributed by atoms with van der Waals surface area (Å²) in [6, 6.07) is 5.79. The molecule has 0 bridgehead atoms. The summed E-state index contributed by atoms with van der Waals surface area (Å²) in [5, 5.41) is 5.10. The molecule has 19 heavy (non-hydrogen) atoms. The van der Waals surface area contributed by atoms with Gasteiger partial charge < -0.3 is 15.4 Å². The largest absolute Gasteiger partial charge is 0.483 e. The van der Waals surface area contributed by atoms with E-state index in [1.165, 1.54) is 0 Å². The number of likely N-dealkylation sites (N-methyl/N-ethyl adjacent to an activating group) is 1. The van der Waals surface area contributed by atoms with Gasteiger partial charge in [-0.15, -0.1) is 0 Å². The van der Waals surface area contributed by atoms with Crippen LogP contribution in [0, 0.1) is 13.8 Å². The van der Waals surface area contributed by atoms with Crippen molar-refractivity contribution >= 4 is 11.8 Å². The second kappa shape index (κ2) is 7.41. The van der Waals surface area contributed by atoms with Gasteiger partial charge in [0, 0.05) is 6.54 Å². The summed E-state index contributed by atoms with van der Waals surface area (Å²) >= 11 is 0. The SMILES string of the molecule is CCNC(=O)CNC(=O)COc1c(C)cccc1C. The molecule has 0 heterocycles. The molecule has 0 saturated carbocycles. The van der Waals surface area contributed by atoms with Crippen LogP contribution in [0.3, 0.4) is 0 Å². The smallest absolute Gasteiger partial charge is 0.258 e. The number of ether oxygens (including phenoxy) is 1. The summed E-state index contributed by atoms with van der Waals surface area (Å²) in [5.74, 6) is 0.201. The van der Waals surface area contributed by atoms with Crippen molar-refractivity contribution < 1.29 is 14.3 Å². The molecule has 1 aromatic rings. The summed E-state index contributed by atoms with van der Waals surface area (Å²) in [5.41, 5.74) is 1.97. The third-order valence-electron chi connectivity index (χ3n) is 2.58. The van der Waals surface area contributed by atoms with E-state index >= 15 is 0 Å². The first-order valence-electron chi connectivity index (χ1n) is 6.27. The van der Waals surface area contributed by atoms with E-state index in [2.05, 4.69) is 10.6 Å². The Morgan fingerprint density at radius 2 is 1.74 bits per heavy atom. The molecule has 0 aliphatic carbocycles. The van der Waals surface area contributed by atoms with E-state index < -0.39 is 0 Å². The maximum atomic E-state index is 11.5. The maximum Gasteiger partial charge on any atom is 0.258 e. The number of carbonyl (C=O) groups is 2. The van der Waals surface area contributed by atoms with Crippen LogP contribution in [0.5, 0.6) is 5.75 Å². The van der Waals surface area contributed by atoms with Gasteiger partial charge >= 0.3 is 0 Å². The predicted octanol–water partition coefficient (Wildman–Crippen LogP) is 0.935.